The van der Waals surface area contributed by atoms with E-state index in [1.807, 2.05) is 4.90 Å². The predicted molar refractivity (Wildman–Crippen MR) is 80.5 cm³/mol. The number of aromatic nitrogens is 1. The molecule has 1 saturated carbocycles. The van der Waals surface area contributed by atoms with Crippen molar-refractivity contribution in [3.05, 3.63) is 23.9 Å². The van der Waals surface area contributed by atoms with Crippen LogP contribution in [0.2, 0.25) is 0 Å². The quantitative estimate of drug-likeness (QED) is 0.851. The third-order valence-corrected chi connectivity index (χ3v) is 4.64. The maximum Gasteiger partial charge on any atom is 0.259 e. The molecule has 0 aromatic carbocycles. The number of amides is 1. The number of nitrogens with zero attached hydrogens (tertiary/aromatic N) is 3. The van der Waals surface area contributed by atoms with E-state index in [1.165, 1.54) is 25.7 Å². The second-order valence-electron chi connectivity index (χ2n) is 5.83. The molecule has 0 N–H and O–H groups in total. The molecular weight excluding hydrogens is 266 g/mol. The van der Waals surface area contributed by atoms with E-state index in [-0.39, 0.29) is 5.91 Å². The highest BCUT2D eigenvalue weighted by atomic mass is 16.5. The number of pyridine rings is 1. The van der Waals surface area contributed by atoms with E-state index in [4.69, 9.17) is 4.74 Å². The van der Waals surface area contributed by atoms with Crippen molar-refractivity contribution in [3.63, 3.8) is 0 Å². The second-order valence-corrected chi connectivity index (χ2v) is 5.83. The SMILES string of the molecule is COc1ncccc1C(=O)N1CCN(C2CCCC2)CC1. The molecule has 2 fully saturated rings. The third-order valence-electron chi connectivity index (χ3n) is 4.64. The Labute approximate surface area is 125 Å². The zero-order valence-electron chi connectivity index (χ0n) is 12.6. The molecule has 5 nitrogen and oxygen atoms in total. The summed E-state index contributed by atoms with van der Waals surface area (Å²) in [6.07, 6.45) is 7.01. The highest BCUT2D eigenvalue weighted by Gasteiger charge is 2.29. The topological polar surface area (TPSA) is 45.7 Å². The van der Waals surface area contributed by atoms with E-state index in [2.05, 4.69) is 9.88 Å². The van der Waals surface area contributed by atoms with Crippen LogP contribution in [0.3, 0.4) is 0 Å². The Hall–Kier alpha value is -1.62. The van der Waals surface area contributed by atoms with Crippen molar-refractivity contribution in [2.75, 3.05) is 33.3 Å². The van der Waals surface area contributed by atoms with Crippen LogP contribution in [0.15, 0.2) is 18.3 Å². The number of carbonyl (C=O) groups is 1. The molecule has 1 amide bonds. The highest BCUT2D eigenvalue weighted by Crippen LogP contribution is 2.25. The van der Waals surface area contributed by atoms with Crippen molar-refractivity contribution in [2.45, 2.75) is 31.7 Å². The Morgan fingerprint density at radius 3 is 2.62 bits per heavy atom. The van der Waals surface area contributed by atoms with Crippen LogP contribution in [0.1, 0.15) is 36.0 Å². The average molecular weight is 289 g/mol. The van der Waals surface area contributed by atoms with E-state index in [0.29, 0.717) is 11.4 Å². The van der Waals surface area contributed by atoms with Crippen molar-refractivity contribution in [2.24, 2.45) is 0 Å². The Kier molecular flexibility index (Phi) is 4.39. The molecule has 1 saturated heterocycles. The maximum atomic E-state index is 12.6. The molecule has 21 heavy (non-hydrogen) atoms. The second kappa shape index (κ2) is 6.43. The molecule has 5 heteroatoms. The van der Waals surface area contributed by atoms with Gasteiger partial charge in [0.15, 0.2) is 0 Å². The molecule has 1 aliphatic heterocycles. The van der Waals surface area contributed by atoms with E-state index in [9.17, 15) is 4.79 Å². The molecular formula is C16H23N3O2. The summed E-state index contributed by atoms with van der Waals surface area (Å²) in [5.74, 6) is 0.451. The van der Waals surface area contributed by atoms with Gasteiger partial charge in [-0.2, -0.15) is 0 Å². The van der Waals surface area contributed by atoms with Gasteiger partial charge in [0.25, 0.3) is 5.91 Å². The number of rotatable bonds is 3. The summed E-state index contributed by atoms with van der Waals surface area (Å²) < 4.78 is 5.19. The first kappa shape index (κ1) is 14.3. The van der Waals surface area contributed by atoms with E-state index in [0.717, 1.165) is 32.2 Å². The number of piperazine rings is 1. The van der Waals surface area contributed by atoms with E-state index >= 15 is 0 Å². The summed E-state index contributed by atoms with van der Waals surface area (Å²) in [4.78, 5) is 21.2. The lowest BCUT2D eigenvalue weighted by molar-refractivity contribution is 0.0569. The third kappa shape index (κ3) is 3.02. The van der Waals surface area contributed by atoms with Gasteiger partial charge in [-0.3, -0.25) is 9.69 Å². The van der Waals surface area contributed by atoms with Crippen LogP contribution >= 0.6 is 0 Å². The molecule has 0 unspecified atom stereocenters. The van der Waals surface area contributed by atoms with Crippen LogP contribution in [0.5, 0.6) is 5.88 Å². The maximum absolute atomic E-state index is 12.6. The standard InChI is InChI=1S/C16H23N3O2/c1-21-15-14(7-4-8-17-15)16(20)19-11-9-18(10-12-19)13-5-2-3-6-13/h4,7-8,13H,2-3,5-6,9-12H2,1H3. The molecule has 0 radical (unpaired) electrons. The molecule has 1 aromatic heterocycles. The molecule has 1 aliphatic carbocycles. The fourth-order valence-electron chi connectivity index (χ4n) is 3.45. The minimum atomic E-state index is 0.0334. The summed E-state index contributed by atoms with van der Waals surface area (Å²) in [5, 5.41) is 0. The van der Waals surface area contributed by atoms with Crippen molar-refractivity contribution in [1.82, 2.24) is 14.8 Å². The molecule has 0 atom stereocenters. The number of hydrogen-bond acceptors (Lipinski definition) is 4. The molecule has 0 bridgehead atoms. The van der Waals surface area contributed by atoms with Gasteiger partial charge >= 0.3 is 0 Å². The molecule has 114 valence electrons. The fourth-order valence-corrected chi connectivity index (χ4v) is 3.45. The lowest BCUT2D eigenvalue weighted by atomic mass is 10.1. The first-order valence-corrected chi connectivity index (χ1v) is 7.82. The number of hydrogen-bond donors (Lipinski definition) is 0. The Balaban J connectivity index is 1.62. The molecule has 2 aliphatic rings. The Bertz CT molecular complexity index is 492. The zero-order chi connectivity index (χ0) is 14.7. The van der Waals surface area contributed by atoms with Crippen molar-refractivity contribution in [1.29, 1.82) is 0 Å². The van der Waals surface area contributed by atoms with Gasteiger partial charge in [0.1, 0.15) is 5.56 Å². The molecule has 2 heterocycles. The van der Waals surface area contributed by atoms with Crippen molar-refractivity contribution < 1.29 is 9.53 Å². The van der Waals surface area contributed by atoms with Crippen LogP contribution in [-0.2, 0) is 0 Å². The lowest BCUT2D eigenvalue weighted by Gasteiger charge is -2.38. The summed E-state index contributed by atoms with van der Waals surface area (Å²) >= 11 is 0. The van der Waals surface area contributed by atoms with E-state index < -0.39 is 0 Å². The van der Waals surface area contributed by atoms with Gasteiger partial charge in [-0.25, -0.2) is 4.98 Å². The summed E-state index contributed by atoms with van der Waals surface area (Å²) in [6, 6.07) is 4.32. The number of ether oxygens (including phenoxy) is 1. The lowest BCUT2D eigenvalue weighted by Crippen LogP contribution is -2.51. The van der Waals surface area contributed by atoms with Crippen molar-refractivity contribution >= 4 is 5.91 Å². The van der Waals surface area contributed by atoms with Crippen LogP contribution in [-0.4, -0.2) is 60.0 Å². The van der Waals surface area contributed by atoms with Crippen molar-refractivity contribution in [3.8, 4) is 5.88 Å². The molecule has 0 spiro atoms. The van der Waals surface area contributed by atoms with Gasteiger partial charge in [-0.15, -0.1) is 0 Å². The normalized spacial score (nSPS) is 20.7. The minimum absolute atomic E-state index is 0.0334. The molecule has 1 aromatic rings. The predicted octanol–water partition coefficient (Wildman–Crippen LogP) is 1.79. The van der Waals surface area contributed by atoms with Gasteiger partial charge in [0.2, 0.25) is 5.88 Å². The minimum Gasteiger partial charge on any atom is -0.480 e. The van der Waals surface area contributed by atoms with Crippen LogP contribution < -0.4 is 4.74 Å². The Morgan fingerprint density at radius 1 is 1.24 bits per heavy atom. The number of methoxy groups -OCH3 is 1. The average Bonchev–Trinajstić information content (AvgIpc) is 3.09. The zero-order valence-corrected chi connectivity index (χ0v) is 12.6. The number of carbonyl (C=O) groups excluding carboxylic acids is 1. The van der Waals surface area contributed by atoms with Gasteiger partial charge in [0, 0.05) is 38.4 Å². The van der Waals surface area contributed by atoms with Gasteiger partial charge < -0.3 is 9.64 Å². The smallest absolute Gasteiger partial charge is 0.259 e. The van der Waals surface area contributed by atoms with Crippen LogP contribution in [0, 0.1) is 0 Å². The van der Waals surface area contributed by atoms with Gasteiger partial charge in [-0.05, 0) is 25.0 Å². The fraction of sp³-hybridized carbons (Fsp3) is 0.625. The first-order chi connectivity index (χ1) is 10.3. The summed E-state index contributed by atoms with van der Waals surface area (Å²) in [5.41, 5.74) is 0.564. The molecule has 3 rings (SSSR count). The van der Waals surface area contributed by atoms with Gasteiger partial charge in [0.05, 0.1) is 7.11 Å². The Morgan fingerprint density at radius 2 is 1.95 bits per heavy atom. The first-order valence-electron chi connectivity index (χ1n) is 7.82. The van der Waals surface area contributed by atoms with Crippen LogP contribution in [0.25, 0.3) is 0 Å². The van der Waals surface area contributed by atoms with Crippen LogP contribution in [0.4, 0.5) is 0 Å². The monoisotopic (exact) mass is 289 g/mol. The van der Waals surface area contributed by atoms with Gasteiger partial charge in [-0.1, -0.05) is 12.8 Å². The van der Waals surface area contributed by atoms with E-state index in [1.54, 1.807) is 25.4 Å². The highest BCUT2D eigenvalue weighted by molar-refractivity contribution is 5.96. The summed E-state index contributed by atoms with van der Waals surface area (Å²) in [7, 11) is 1.55. The largest absolute Gasteiger partial charge is 0.480 e. The summed E-state index contributed by atoms with van der Waals surface area (Å²) in [6.45, 7) is 3.57.